The van der Waals surface area contributed by atoms with Gasteiger partial charge in [0, 0.05) is 34.5 Å². The van der Waals surface area contributed by atoms with Crippen molar-refractivity contribution in [2.75, 3.05) is 0 Å². The van der Waals surface area contributed by atoms with Gasteiger partial charge in [0.2, 0.25) is 0 Å². The van der Waals surface area contributed by atoms with Gasteiger partial charge >= 0.3 is 0 Å². The lowest BCUT2D eigenvalue weighted by molar-refractivity contribution is 1.04. The van der Waals surface area contributed by atoms with Gasteiger partial charge in [0.15, 0.2) is 4.96 Å². The highest BCUT2D eigenvalue weighted by Crippen LogP contribution is 2.25. The van der Waals surface area contributed by atoms with Crippen LogP contribution in [-0.2, 0) is 5.75 Å². The molecule has 0 N–H and O–H groups in total. The summed E-state index contributed by atoms with van der Waals surface area (Å²) in [5.41, 5.74) is 1.82. The number of rotatable bonds is 3. The van der Waals surface area contributed by atoms with Crippen LogP contribution in [0.15, 0.2) is 32.2 Å². The van der Waals surface area contributed by atoms with Gasteiger partial charge in [-0.05, 0) is 6.92 Å². The Kier molecular flexibility index (Phi) is 3.19. The van der Waals surface area contributed by atoms with Crippen LogP contribution in [0.2, 0.25) is 0 Å². The molecule has 7 heteroatoms. The molecule has 0 aliphatic carbocycles. The van der Waals surface area contributed by atoms with Gasteiger partial charge in [-0.2, -0.15) is 0 Å². The van der Waals surface area contributed by atoms with Crippen LogP contribution in [0.3, 0.4) is 0 Å². The quantitative estimate of drug-likeness (QED) is 0.697. The van der Waals surface area contributed by atoms with Crippen LogP contribution in [0.1, 0.15) is 11.4 Å². The standard InChI is InChI=1S/C11H9N3OS3/c1-7-5-17-11(12-7)18-6-8-4-9(15)14-2-3-16-10(14)13-8/h2-5H,6H2,1H3. The fraction of sp³-hybridized carbons (Fsp3) is 0.182. The van der Waals surface area contributed by atoms with Crippen molar-refractivity contribution < 1.29 is 0 Å². The zero-order valence-corrected chi connectivity index (χ0v) is 11.9. The highest BCUT2D eigenvalue weighted by molar-refractivity contribution is 8.00. The average Bonchev–Trinajstić information content (AvgIpc) is 2.95. The molecule has 3 aromatic heterocycles. The van der Waals surface area contributed by atoms with E-state index >= 15 is 0 Å². The van der Waals surface area contributed by atoms with Crippen molar-refractivity contribution in [2.45, 2.75) is 17.0 Å². The Balaban J connectivity index is 1.84. The molecule has 0 fully saturated rings. The van der Waals surface area contributed by atoms with E-state index in [2.05, 4.69) is 9.97 Å². The molecule has 0 aliphatic rings. The first-order chi connectivity index (χ1) is 8.72. The number of hydrogen-bond acceptors (Lipinski definition) is 6. The van der Waals surface area contributed by atoms with E-state index in [1.807, 2.05) is 17.7 Å². The summed E-state index contributed by atoms with van der Waals surface area (Å²) in [5.74, 6) is 0.677. The van der Waals surface area contributed by atoms with Crippen molar-refractivity contribution in [2.24, 2.45) is 0 Å². The Labute approximate surface area is 115 Å². The number of thioether (sulfide) groups is 1. The summed E-state index contributed by atoms with van der Waals surface area (Å²) in [7, 11) is 0. The predicted molar refractivity (Wildman–Crippen MR) is 75.8 cm³/mol. The molecule has 0 saturated heterocycles. The molecule has 4 nitrogen and oxygen atoms in total. The average molecular weight is 295 g/mol. The molecular weight excluding hydrogens is 286 g/mol. The van der Waals surface area contributed by atoms with E-state index in [9.17, 15) is 4.79 Å². The van der Waals surface area contributed by atoms with Gasteiger partial charge in [0.25, 0.3) is 5.56 Å². The largest absolute Gasteiger partial charge is 0.269 e. The summed E-state index contributed by atoms with van der Waals surface area (Å²) in [6.45, 7) is 1.98. The second-order valence-electron chi connectivity index (χ2n) is 3.68. The summed E-state index contributed by atoms with van der Waals surface area (Å²) in [5, 5.41) is 3.89. The lowest BCUT2D eigenvalue weighted by atomic mass is 10.4. The van der Waals surface area contributed by atoms with E-state index in [4.69, 9.17) is 0 Å². The fourth-order valence-electron chi connectivity index (χ4n) is 1.50. The van der Waals surface area contributed by atoms with Crippen molar-refractivity contribution in [1.29, 1.82) is 0 Å². The minimum absolute atomic E-state index is 0.0211. The SMILES string of the molecule is Cc1csc(SCc2cc(=O)n3ccsc3n2)n1. The normalized spacial score (nSPS) is 11.2. The van der Waals surface area contributed by atoms with Crippen molar-refractivity contribution in [3.63, 3.8) is 0 Å². The van der Waals surface area contributed by atoms with Gasteiger partial charge in [-0.1, -0.05) is 11.8 Å². The van der Waals surface area contributed by atoms with Gasteiger partial charge in [-0.15, -0.1) is 22.7 Å². The molecule has 3 heterocycles. The number of aromatic nitrogens is 3. The van der Waals surface area contributed by atoms with Crippen LogP contribution in [0.4, 0.5) is 0 Å². The number of nitrogens with zero attached hydrogens (tertiary/aromatic N) is 3. The number of aryl methyl sites for hydroxylation is 1. The van der Waals surface area contributed by atoms with Gasteiger partial charge in [-0.3, -0.25) is 9.20 Å². The van der Waals surface area contributed by atoms with Crippen molar-refractivity contribution in [3.05, 3.63) is 44.8 Å². The van der Waals surface area contributed by atoms with E-state index in [0.717, 1.165) is 20.7 Å². The van der Waals surface area contributed by atoms with Gasteiger partial charge in [0.1, 0.15) is 4.34 Å². The van der Waals surface area contributed by atoms with Crippen LogP contribution in [0.25, 0.3) is 4.96 Å². The first-order valence-electron chi connectivity index (χ1n) is 5.23. The summed E-state index contributed by atoms with van der Waals surface area (Å²) >= 11 is 4.71. The molecule has 3 aromatic rings. The number of fused-ring (bicyclic) bond motifs is 1. The molecule has 0 spiro atoms. The molecule has 0 unspecified atom stereocenters. The lowest BCUT2D eigenvalue weighted by Gasteiger charge is -1.98. The first kappa shape index (κ1) is 11.9. The smallest absolute Gasteiger partial charge is 0.258 e. The van der Waals surface area contributed by atoms with E-state index in [1.54, 1.807) is 39.8 Å². The molecule has 0 amide bonds. The van der Waals surface area contributed by atoms with E-state index in [0.29, 0.717) is 5.75 Å². The molecule has 0 bridgehead atoms. The Hall–Kier alpha value is -1.18. The van der Waals surface area contributed by atoms with Crippen LogP contribution < -0.4 is 5.56 Å². The molecular formula is C11H9N3OS3. The predicted octanol–water partition coefficient (Wildman–Crippen LogP) is 2.81. The van der Waals surface area contributed by atoms with Crippen molar-refractivity contribution in [1.82, 2.24) is 14.4 Å². The maximum Gasteiger partial charge on any atom is 0.258 e. The molecule has 92 valence electrons. The third-order valence-electron chi connectivity index (χ3n) is 2.30. The van der Waals surface area contributed by atoms with Crippen molar-refractivity contribution in [3.8, 4) is 0 Å². The molecule has 18 heavy (non-hydrogen) atoms. The van der Waals surface area contributed by atoms with Crippen LogP contribution in [-0.4, -0.2) is 14.4 Å². The molecule has 0 aromatic carbocycles. The molecule has 0 aliphatic heterocycles. The Morgan fingerprint density at radius 2 is 2.28 bits per heavy atom. The second-order valence-corrected chi connectivity index (χ2v) is 6.64. The van der Waals surface area contributed by atoms with Gasteiger partial charge in [0.05, 0.1) is 5.69 Å². The van der Waals surface area contributed by atoms with E-state index in [1.165, 1.54) is 11.3 Å². The zero-order chi connectivity index (χ0) is 12.5. The maximum absolute atomic E-state index is 11.8. The van der Waals surface area contributed by atoms with E-state index in [-0.39, 0.29) is 5.56 Å². The minimum atomic E-state index is -0.0211. The molecule has 3 rings (SSSR count). The Morgan fingerprint density at radius 3 is 3.06 bits per heavy atom. The summed E-state index contributed by atoms with van der Waals surface area (Å²) in [6, 6.07) is 1.59. The molecule has 0 radical (unpaired) electrons. The minimum Gasteiger partial charge on any atom is -0.269 e. The first-order valence-corrected chi connectivity index (χ1v) is 7.97. The lowest BCUT2D eigenvalue weighted by Crippen LogP contribution is -2.12. The highest BCUT2D eigenvalue weighted by atomic mass is 32.2. The highest BCUT2D eigenvalue weighted by Gasteiger charge is 2.05. The second kappa shape index (κ2) is 4.83. The molecule has 0 saturated carbocycles. The zero-order valence-electron chi connectivity index (χ0n) is 9.49. The van der Waals surface area contributed by atoms with Crippen LogP contribution in [0.5, 0.6) is 0 Å². The van der Waals surface area contributed by atoms with E-state index < -0.39 is 0 Å². The summed E-state index contributed by atoms with van der Waals surface area (Å²) < 4.78 is 2.58. The number of thiazole rings is 2. The summed E-state index contributed by atoms with van der Waals surface area (Å²) in [6.07, 6.45) is 1.75. The fourth-order valence-corrected chi connectivity index (χ4v) is 3.98. The maximum atomic E-state index is 11.8. The monoisotopic (exact) mass is 295 g/mol. The van der Waals surface area contributed by atoms with Crippen LogP contribution in [0, 0.1) is 6.92 Å². The number of hydrogen-bond donors (Lipinski definition) is 0. The van der Waals surface area contributed by atoms with Crippen molar-refractivity contribution >= 4 is 39.4 Å². The Bertz CT molecular complexity index is 743. The van der Waals surface area contributed by atoms with Gasteiger partial charge in [-0.25, -0.2) is 9.97 Å². The molecule has 0 atom stereocenters. The third kappa shape index (κ3) is 2.33. The summed E-state index contributed by atoms with van der Waals surface area (Å²) in [4.78, 5) is 21.4. The van der Waals surface area contributed by atoms with Gasteiger partial charge < -0.3 is 0 Å². The Morgan fingerprint density at radius 1 is 1.39 bits per heavy atom. The van der Waals surface area contributed by atoms with Crippen LogP contribution >= 0.6 is 34.4 Å². The third-order valence-corrected chi connectivity index (χ3v) is 5.23. The topological polar surface area (TPSA) is 47.3 Å².